The van der Waals surface area contributed by atoms with Gasteiger partial charge in [-0.25, -0.2) is 0 Å². The maximum Gasteiger partial charge on any atom is 0.124 e. The third-order valence-electron chi connectivity index (χ3n) is 4.27. The molecular formula is C21H24ClNO2. The Bertz CT molecular complexity index is 807. The molecule has 132 valence electrons. The summed E-state index contributed by atoms with van der Waals surface area (Å²) in [6.45, 7) is 2.51. The third-order valence-corrected chi connectivity index (χ3v) is 4.27. The fourth-order valence-corrected chi connectivity index (χ4v) is 3.08. The van der Waals surface area contributed by atoms with Crippen LogP contribution in [0.25, 0.3) is 10.8 Å². The maximum absolute atomic E-state index is 10.7. The number of fused-ring (bicyclic) bond motifs is 1. The number of hydrogen-bond donors (Lipinski definition) is 2. The minimum atomic E-state index is -0.683. The summed E-state index contributed by atoms with van der Waals surface area (Å²) in [4.78, 5) is 0. The Balaban J connectivity index is 0.00000225. The number of ether oxygens (including phenoxy) is 1. The van der Waals surface area contributed by atoms with Crippen LogP contribution >= 0.6 is 12.4 Å². The second kappa shape index (κ2) is 8.86. The van der Waals surface area contributed by atoms with Gasteiger partial charge in [0.1, 0.15) is 5.75 Å². The molecule has 4 heteroatoms. The Hall–Kier alpha value is -2.07. The Kier molecular flexibility index (Phi) is 6.82. The van der Waals surface area contributed by atoms with Crippen LogP contribution in [0.4, 0.5) is 0 Å². The molecule has 3 rings (SSSR count). The van der Waals surface area contributed by atoms with Crippen LogP contribution in [0.2, 0.25) is 0 Å². The number of nitrogens with two attached hydrogens (primary N) is 1. The number of aliphatic hydroxyl groups excluding tert-OH is 1. The molecule has 25 heavy (non-hydrogen) atoms. The van der Waals surface area contributed by atoms with Crippen LogP contribution in [0.1, 0.15) is 24.1 Å². The van der Waals surface area contributed by atoms with Gasteiger partial charge in [0.15, 0.2) is 0 Å². The van der Waals surface area contributed by atoms with E-state index in [1.54, 1.807) is 0 Å². The van der Waals surface area contributed by atoms with E-state index in [0.717, 1.165) is 27.6 Å². The van der Waals surface area contributed by atoms with Gasteiger partial charge in [-0.15, -0.1) is 12.4 Å². The summed E-state index contributed by atoms with van der Waals surface area (Å²) in [5.41, 5.74) is 8.40. The van der Waals surface area contributed by atoms with Crippen LogP contribution in [0, 0.1) is 0 Å². The molecular weight excluding hydrogens is 334 g/mol. The van der Waals surface area contributed by atoms with Crippen molar-refractivity contribution < 1.29 is 9.84 Å². The first-order valence-corrected chi connectivity index (χ1v) is 8.32. The van der Waals surface area contributed by atoms with E-state index >= 15 is 0 Å². The van der Waals surface area contributed by atoms with E-state index in [0.29, 0.717) is 13.0 Å². The summed E-state index contributed by atoms with van der Waals surface area (Å²) < 4.78 is 5.78. The average molecular weight is 358 g/mol. The van der Waals surface area contributed by atoms with Gasteiger partial charge in [-0.2, -0.15) is 0 Å². The van der Waals surface area contributed by atoms with Gasteiger partial charge in [0.05, 0.1) is 18.8 Å². The summed E-state index contributed by atoms with van der Waals surface area (Å²) in [5, 5.41) is 12.8. The standard InChI is InChI=1S/C21H23NO2.ClH/c1-2-24-19-13-12-16-10-6-7-11-17(16)20(19)21(22)18(23)14-15-8-4-3-5-9-15;/h3-13,18,21,23H,2,14,22H2,1H3;1H/t18-,21-;/m0./s1. The molecule has 0 bridgehead atoms. The zero-order chi connectivity index (χ0) is 16.9. The highest BCUT2D eigenvalue weighted by molar-refractivity contribution is 5.88. The minimum absolute atomic E-state index is 0. The van der Waals surface area contributed by atoms with E-state index in [1.807, 2.05) is 73.7 Å². The fourth-order valence-electron chi connectivity index (χ4n) is 3.08. The topological polar surface area (TPSA) is 55.5 Å². The summed E-state index contributed by atoms with van der Waals surface area (Å²) in [7, 11) is 0. The Morgan fingerprint density at radius 2 is 1.64 bits per heavy atom. The van der Waals surface area contributed by atoms with E-state index in [4.69, 9.17) is 10.5 Å². The highest BCUT2D eigenvalue weighted by Gasteiger charge is 2.23. The molecule has 2 atom stereocenters. The van der Waals surface area contributed by atoms with Gasteiger partial charge in [-0.3, -0.25) is 0 Å². The molecule has 0 spiro atoms. The van der Waals surface area contributed by atoms with Crippen molar-refractivity contribution in [1.82, 2.24) is 0 Å². The predicted molar refractivity (Wildman–Crippen MR) is 105 cm³/mol. The lowest BCUT2D eigenvalue weighted by Crippen LogP contribution is -2.28. The average Bonchev–Trinajstić information content (AvgIpc) is 2.62. The molecule has 3 nitrogen and oxygen atoms in total. The van der Waals surface area contributed by atoms with Gasteiger partial charge in [-0.1, -0.05) is 60.7 Å². The highest BCUT2D eigenvalue weighted by atomic mass is 35.5. The molecule has 0 aliphatic heterocycles. The summed E-state index contributed by atoms with van der Waals surface area (Å²) >= 11 is 0. The largest absolute Gasteiger partial charge is 0.494 e. The van der Waals surface area contributed by atoms with Crippen molar-refractivity contribution in [3.05, 3.63) is 77.9 Å². The van der Waals surface area contributed by atoms with Crippen LogP contribution in [-0.2, 0) is 6.42 Å². The van der Waals surface area contributed by atoms with E-state index in [2.05, 4.69) is 0 Å². The van der Waals surface area contributed by atoms with E-state index < -0.39 is 12.1 Å². The zero-order valence-electron chi connectivity index (χ0n) is 14.3. The van der Waals surface area contributed by atoms with Crippen LogP contribution in [0.3, 0.4) is 0 Å². The predicted octanol–water partition coefficient (Wildman–Crippen LogP) is 4.26. The number of rotatable bonds is 6. The van der Waals surface area contributed by atoms with Crippen molar-refractivity contribution in [1.29, 1.82) is 0 Å². The second-order valence-corrected chi connectivity index (χ2v) is 5.91. The Morgan fingerprint density at radius 1 is 0.960 bits per heavy atom. The summed E-state index contributed by atoms with van der Waals surface area (Å²) in [5.74, 6) is 0.746. The van der Waals surface area contributed by atoms with Gasteiger partial charge in [-0.05, 0) is 29.3 Å². The van der Waals surface area contributed by atoms with E-state index in [1.165, 1.54) is 0 Å². The first-order valence-electron chi connectivity index (χ1n) is 8.32. The lowest BCUT2D eigenvalue weighted by molar-refractivity contribution is 0.144. The number of halogens is 1. The van der Waals surface area contributed by atoms with Crippen molar-refractivity contribution in [3.63, 3.8) is 0 Å². The van der Waals surface area contributed by atoms with Crippen LogP contribution in [0.15, 0.2) is 66.7 Å². The molecule has 0 fully saturated rings. The molecule has 3 N–H and O–H groups in total. The molecule has 3 aromatic rings. The molecule has 0 aliphatic rings. The molecule has 0 radical (unpaired) electrons. The first kappa shape index (κ1) is 19.3. The summed E-state index contributed by atoms with van der Waals surface area (Å²) in [6, 6.07) is 21.4. The monoisotopic (exact) mass is 357 g/mol. The van der Waals surface area contributed by atoms with Gasteiger partial charge in [0, 0.05) is 12.0 Å². The number of aliphatic hydroxyl groups is 1. The molecule has 0 saturated carbocycles. The highest BCUT2D eigenvalue weighted by Crippen LogP contribution is 2.34. The van der Waals surface area contributed by atoms with Crippen molar-refractivity contribution in [3.8, 4) is 5.75 Å². The number of hydrogen-bond acceptors (Lipinski definition) is 3. The van der Waals surface area contributed by atoms with Crippen molar-refractivity contribution in [2.24, 2.45) is 5.73 Å². The van der Waals surface area contributed by atoms with Crippen molar-refractivity contribution in [2.45, 2.75) is 25.5 Å². The quantitative estimate of drug-likeness (QED) is 0.692. The molecule has 0 amide bonds. The Morgan fingerprint density at radius 3 is 2.36 bits per heavy atom. The lowest BCUT2D eigenvalue weighted by Gasteiger charge is -2.23. The van der Waals surface area contributed by atoms with Crippen molar-refractivity contribution in [2.75, 3.05) is 6.61 Å². The zero-order valence-corrected chi connectivity index (χ0v) is 15.1. The number of benzene rings is 3. The maximum atomic E-state index is 10.7. The normalized spacial score (nSPS) is 13.1. The molecule has 0 aromatic heterocycles. The molecule has 3 aromatic carbocycles. The Labute approximate surface area is 154 Å². The van der Waals surface area contributed by atoms with E-state index in [-0.39, 0.29) is 12.4 Å². The van der Waals surface area contributed by atoms with Crippen LogP contribution in [0.5, 0.6) is 5.75 Å². The van der Waals surface area contributed by atoms with Gasteiger partial charge in [0.2, 0.25) is 0 Å². The lowest BCUT2D eigenvalue weighted by atomic mass is 9.92. The first-order chi connectivity index (χ1) is 11.7. The molecule has 0 saturated heterocycles. The molecule has 0 heterocycles. The van der Waals surface area contributed by atoms with Gasteiger partial charge in [0.25, 0.3) is 0 Å². The SMILES string of the molecule is CCOc1ccc2ccccc2c1[C@@H](N)[C@@H](O)Cc1ccccc1.Cl. The summed E-state index contributed by atoms with van der Waals surface area (Å²) in [6.07, 6.45) is -0.172. The molecule has 0 unspecified atom stereocenters. The fraction of sp³-hybridized carbons (Fsp3) is 0.238. The van der Waals surface area contributed by atoms with Gasteiger partial charge < -0.3 is 15.6 Å². The van der Waals surface area contributed by atoms with Crippen molar-refractivity contribution >= 4 is 23.2 Å². The second-order valence-electron chi connectivity index (χ2n) is 5.91. The minimum Gasteiger partial charge on any atom is -0.494 e. The van der Waals surface area contributed by atoms with E-state index in [9.17, 15) is 5.11 Å². The van der Waals surface area contributed by atoms with Gasteiger partial charge >= 0.3 is 0 Å². The molecule has 0 aliphatic carbocycles. The van der Waals surface area contributed by atoms with Crippen LogP contribution in [-0.4, -0.2) is 17.8 Å². The smallest absolute Gasteiger partial charge is 0.124 e. The van der Waals surface area contributed by atoms with Crippen LogP contribution < -0.4 is 10.5 Å². The third kappa shape index (κ3) is 4.31.